The minimum atomic E-state index is -0.306. The lowest BCUT2D eigenvalue weighted by Crippen LogP contribution is -2.14. The summed E-state index contributed by atoms with van der Waals surface area (Å²) in [5.41, 5.74) is 5.64. The average Bonchev–Trinajstić information content (AvgIpc) is 3.15. The number of benzene rings is 1. The van der Waals surface area contributed by atoms with Gasteiger partial charge in [-0.15, -0.1) is 0 Å². The fourth-order valence-corrected chi connectivity index (χ4v) is 3.70. The van der Waals surface area contributed by atoms with Crippen LogP contribution >= 0.6 is 15.9 Å². The number of aryl methyl sites for hydroxylation is 2. The highest BCUT2D eigenvalue weighted by Crippen LogP contribution is 2.25. The zero-order valence-electron chi connectivity index (χ0n) is 15.8. The smallest absolute Gasteiger partial charge is 0.277 e. The highest BCUT2D eigenvalue weighted by atomic mass is 79.9. The molecule has 0 spiro atoms. The Kier molecular flexibility index (Phi) is 4.72. The van der Waals surface area contributed by atoms with Crippen molar-refractivity contribution in [2.75, 3.05) is 5.32 Å². The Morgan fingerprint density at radius 3 is 2.68 bits per heavy atom. The molecule has 1 N–H and O–H groups in total. The molecule has 0 radical (unpaired) electrons. The van der Waals surface area contributed by atoms with Crippen molar-refractivity contribution < 1.29 is 4.79 Å². The zero-order chi connectivity index (χ0) is 19.8. The van der Waals surface area contributed by atoms with Crippen molar-refractivity contribution in [1.82, 2.24) is 24.4 Å². The van der Waals surface area contributed by atoms with Crippen LogP contribution < -0.4 is 5.32 Å². The third-order valence-electron chi connectivity index (χ3n) is 4.76. The molecule has 1 amide bonds. The number of carbonyl (C=O) groups excluding carboxylic acids is 1. The van der Waals surface area contributed by atoms with Crippen LogP contribution in [0.2, 0.25) is 0 Å². The quantitative estimate of drug-likeness (QED) is 0.523. The van der Waals surface area contributed by atoms with Gasteiger partial charge in [0.15, 0.2) is 11.3 Å². The Balaban J connectivity index is 1.63. The lowest BCUT2D eigenvalue weighted by molar-refractivity contribution is 0.102. The highest BCUT2D eigenvalue weighted by molar-refractivity contribution is 9.10. The lowest BCUT2D eigenvalue weighted by Gasteiger charge is -2.08. The monoisotopic (exact) mass is 438 g/mol. The van der Waals surface area contributed by atoms with Gasteiger partial charge >= 0.3 is 0 Å². The van der Waals surface area contributed by atoms with Crippen LogP contribution in [-0.4, -0.2) is 30.3 Å². The number of rotatable bonds is 4. The number of hydrogen-bond donors (Lipinski definition) is 1. The SMILES string of the molecule is Cc1ccccc1Cn1nc(C)c(NC(=O)c2nn3cccnc3c2Br)c1C. The van der Waals surface area contributed by atoms with Crippen molar-refractivity contribution in [2.24, 2.45) is 0 Å². The van der Waals surface area contributed by atoms with E-state index in [1.165, 1.54) is 11.1 Å². The molecule has 0 atom stereocenters. The number of amides is 1. The summed E-state index contributed by atoms with van der Waals surface area (Å²) in [5.74, 6) is -0.306. The molecule has 4 aromatic rings. The molecule has 0 aliphatic rings. The maximum atomic E-state index is 12.8. The van der Waals surface area contributed by atoms with E-state index >= 15 is 0 Å². The second kappa shape index (κ2) is 7.20. The summed E-state index contributed by atoms with van der Waals surface area (Å²) in [6, 6.07) is 9.97. The largest absolute Gasteiger partial charge is 0.317 e. The molecule has 4 rings (SSSR count). The molecule has 0 fully saturated rings. The maximum absolute atomic E-state index is 12.8. The standard InChI is InChI=1S/C20H19BrN6O/c1-12-7-4-5-8-15(12)11-27-14(3)17(13(2)24-27)23-20(28)18-16(21)19-22-9-6-10-26(19)25-18/h4-10H,11H2,1-3H3,(H,23,28). The van der Waals surface area contributed by atoms with Gasteiger partial charge in [0.05, 0.1) is 28.1 Å². The van der Waals surface area contributed by atoms with E-state index in [0.29, 0.717) is 22.4 Å². The van der Waals surface area contributed by atoms with Crippen molar-refractivity contribution in [2.45, 2.75) is 27.3 Å². The van der Waals surface area contributed by atoms with Gasteiger partial charge in [0, 0.05) is 12.4 Å². The number of halogens is 1. The van der Waals surface area contributed by atoms with Crippen molar-refractivity contribution in [3.63, 3.8) is 0 Å². The molecule has 0 bridgehead atoms. The molecule has 0 aliphatic heterocycles. The molecule has 142 valence electrons. The number of fused-ring (bicyclic) bond motifs is 1. The normalized spacial score (nSPS) is 11.1. The van der Waals surface area contributed by atoms with Gasteiger partial charge in [-0.3, -0.25) is 9.48 Å². The summed E-state index contributed by atoms with van der Waals surface area (Å²) in [5, 5.41) is 11.9. The topological polar surface area (TPSA) is 77.1 Å². The summed E-state index contributed by atoms with van der Waals surface area (Å²) in [7, 11) is 0. The Morgan fingerprint density at radius 1 is 1.14 bits per heavy atom. The predicted molar refractivity (Wildman–Crippen MR) is 111 cm³/mol. The zero-order valence-corrected chi connectivity index (χ0v) is 17.4. The minimum absolute atomic E-state index is 0.282. The predicted octanol–water partition coefficient (Wildman–Crippen LogP) is 3.91. The fraction of sp³-hybridized carbons (Fsp3) is 0.200. The molecular formula is C20H19BrN6O. The summed E-state index contributed by atoms with van der Waals surface area (Å²) in [4.78, 5) is 17.1. The molecule has 1 aromatic carbocycles. The van der Waals surface area contributed by atoms with Crippen LogP contribution in [0, 0.1) is 20.8 Å². The molecule has 0 saturated carbocycles. The van der Waals surface area contributed by atoms with Crippen molar-refractivity contribution >= 4 is 33.2 Å². The second-order valence-corrected chi connectivity index (χ2v) is 7.43. The molecule has 7 nitrogen and oxygen atoms in total. The van der Waals surface area contributed by atoms with Gasteiger partial charge in [-0.05, 0) is 53.9 Å². The lowest BCUT2D eigenvalue weighted by atomic mass is 10.1. The number of carbonyl (C=O) groups is 1. The van der Waals surface area contributed by atoms with Crippen LogP contribution in [0.4, 0.5) is 5.69 Å². The van der Waals surface area contributed by atoms with Gasteiger partial charge in [-0.2, -0.15) is 10.2 Å². The fourth-order valence-electron chi connectivity index (χ4n) is 3.16. The Hall–Kier alpha value is -3.00. The van der Waals surface area contributed by atoms with E-state index in [9.17, 15) is 4.79 Å². The minimum Gasteiger partial charge on any atom is -0.317 e. The molecule has 28 heavy (non-hydrogen) atoms. The number of anilines is 1. The molecule has 0 unspecified atom stereocenters. The van der Waals surface area contributed by atoms with E-state index in [1.54, 1.807) is 23.0 Å². The van der Waals surface area contributed by atoms with E-state index in [0.717, 1.165) is 11.4 Å². The van der Waals surface area contributed by atoms with Gasteiger partial charge in [0.25, 0.3) is 5.91 Å². The highest BCUT2D eigenvalue weighted by Gasteiger charge is 2.21. The first-order valence-electron chi connectivity index (χ1n) is 8.84. The van der Waals surface area contributed by atoms with E-state index in [1.807, 2.05) is 30.7 Å². The third kappa shape index (κ3) is 3.20. The van der Waals surface area contributed by atoms with Crippen molar-refractivity contribution in [3.05, 3.63) is 75.4 Å². The van der Waals surface area contributed by atoms with E-state index < -0.39 is 0 Å². The van der Waals surface area contributed by atoms with Crippen molar-refractivity contribution in [1.29, 1.82) is 0 Å². The van der Waals surface area contributed by atoms with Gasteiger partial charge in [-0.25, -0.2) is 9.50 Å². The number of hydrogen-bond acceptors (Lipinski definition) is 4. The molecule has 8 heteroatoms. The first kappa shape index (κ1) is 18.4. The summed E-state index contributed by atoms with van der Waals surface area (Å²) < 4.78 is 4.04. The molecule has 0 saturated heterocycles. The number of nitrogens with one attached hydrogen (secondary N) is 1. The Labute approximate surface area is 170 Å². The van der Waals surface area contributed by atoms with Gasteiger partial charge in [-0.1, -0.05) is 24.3 Å². The molecule has 0 aliphatic carbocycles. The molecular weight excluding hydrogens is 420 g/mol. The first-order valence-corrected chi connectivity index (χ1v) is 9.63. The van der Waals surface area contributed by atoms with Gasteiger partial charge in [0.2, 0.25) is 0 Å². The van der Waals surface area contributed by atoms with Crippen molar-refractivity contribution in [3.8, 4) is 0 Å². The summed E-state index contributed by atoms with van der Waals surface area (Å²) >= 11 is 3.43. The summed E-state index contributed by atoms with van der Waals surface area (Å²) in [6.07, 6.45) is 3.41. The van der Waals surface area contributed by atoms with Crippen LogP contribution in [0.1, 0.15) is 33.0 Å². The van der Waals surface area contributed by atoms with Crippen LogP contribution in [0.3, 0.4) is 0 Å². The third-order valence-corrected chi connectivity index (χ3v) is 5.49. The van der Waals surface area contributed by atoms with E-state index in [-0.39, 0.29) is 11.6 Å². The van der Waals surface area contributed by atoms with Gasteiger partial charge in [0.1, 0.15) is 0 Å². The number of nitrogens with zero attached hydrogens (tertiary/aromatic N) is 5. The maximum Gasteiger partial charge on any atom is 0.277 e. The van der Waals surface area contributed by atoms with Gasteiger partial charge < -0.3 is 5.32 Å². The van der Waals surface area contributed by atoms with Crippen LogP contribution in [0.15, 0.2) is 47.2 Å². The van der Waals surface area contributed by atoms with Crippen LogP contribution in [0.25, 0.3) is 5.65 Å². The van der Waals surface area contributed by atoms with Crippen LogP contribution in [0.5, 0.6) is 0 Å². The Bertz CT molecular complexity index is 1190. The van der Waals surface area contributed by atoms with E-state index in [2.05, 4.69) is 55.5 Å². The average molecular weight is 439 g/mol. The summed E-state index contributed by atoms with van der Waals surface area (Å²) in [6.45, 7) is 6.57. The molecule has 3 heterocycles. The first-order chi connectivity index (χ1) is 13.5. The van der Waals surface area contributed by atoms with E-state index in [4.69, 9.17) is 0 Å². The second-order valence-electron chi connectivity index (χ2n) is 6.63. The number of aromatic nitrogens is 5. The Morgan fingerprint density at radius 2 is 1.93 bits per heavy atom. The van der Waals surface area contributed by atoms with Crippen LogP contribution in [-0.2, 0) is 6.54 Å². The molecule has 3 aromatic heterocycles.